The summed E-state index contributed by atoms with van der Waals surface area (Å²) in [4.78, 5) is 12.2. The van der Waals surface area contributed by atoms with E-state index in [1.165, 1.54) is 6.08 Å². The maximum absolute atomic E-state index is 12.2. The molecule has 1 amide bonds. The van der Waals surface area contributed by atoms with Gasteiger partial charge in [-0.25, -0.2) is 8.42 Å². The number of sulfone groups is 1. The molecule has 6 nitrogen and oxygen atoms in total. The normalized spacial score (nSPS) is 19.1. The van der Waals surface area contributed by atoms with Crippen LogP contribution in [-0.4, -0.2) is 31.9 Å². The summed E-state index contributed by atoms with van der Waals surface area (Å²) in [6, 6.07) is 11.8. The van der Waals surface area contributed by atoms with Gasteiger partial charge in [0.1, 0.15) is 23.2 Å². The Bertz CT molecular complexity index is 1020. The number of rotatable bonds is 4. The SMILES string of the molecule is N#C/C(=C\c1ccc(-c2cccc(Cl)c2)o1)C(=O)N[C@@H]1CCS(=O)(=O)C1. The first kappa shape index (κ1) is 18.2. The fraction of sp³-hybridized carbons (Fsp3) is 0.222. The van der Waals surface area contributed by atoms with E-state index in [0.717, 1.165) is 5.56 Å². The summed E-state index contributed by atoms with van der Waals surface area (Å²) >= 11 is 5.96. The van der Waals surface area contributed by atoms with Crippen LogP contribution in [-0.2, 0) is 14.6 Å². The van der Waals surface area contributed by atoms with Crippen LogP contribution in [0.2, 0.25) is 5.02 Å². The number of carbonyl (C=O) groups is 1. The molecule has 1 aliphatic rings. The quantitative estimate of drug-likeness (QED) is 0.639. The van der Waals surface area contributed by atoms with Gasteiger partial charge >= 0.3 is 0 Å². The van der Waals surface area contributed by atoms with Crippen molar-refractivity contribution in [2.75, 3.05) is 11.5 Å². The van der Waals surface area contributed by atoms with Crippen molar-refractivity contribution < 1.29 is 17.6 Å². The smallest absolute Gasteiger partial charge is 0.262 e. The number of nitrogens with zero attached hydrogens (tertiary/aromatic N) is 1. The van der Waals surface area contributed by atoms with Crippen molar-refractivity contribution in [2.24, 2.45) is 0 Å². The molecule has 1 atom stereocenters. The molecule has 1 aromatic carbocycles. The van der Waals surface area contributed by atoms with Gasteiger partial charge in [-0.2, -0.15) is 5.26 Å². The second-order valence-corrected chi connectivity index (χ2v) is 8.62. The molecule has 26 heavy (non-hydrogen) atoms. The standard InChI is InChI=1S/C18H15ClN2O4S/c19-14-3-1-2-12(8-14)17-5-4-16(25-17)9-13(10-20)18(22)21-15-6-7-26(23,24)11-15/h1-5,8-9,15H,6-7,11H2,(H,21,22)/b13-9+/t15-/m1/s1. The zero-order valence-electron chi connectivity index (χ0n) is 13.6. The van der Waals surface area contributed by atoms with E-state index in [1.807, 2.05) is 12.1 Å². The number of carbonyl (C=O) groups excluding carboxylic acids is 1. The fourth-order valence-electron chi connectivity index (χ4n) is 2.69. The third kappa shape index (κ3) is 4.34. The Labute approximate surface area is 156 Å². The first-order chi connectivity index (χ1) is 12.4. The molecule has 0 bridgehead atoms. The van der Waals surface area contributed by atoms with Gasteiger partial charge in [-0.1, -0.05) is 23.7 Å². The van der Waals surface area contributed by atoms with Gasteiger partial charge in [0.05, 0.1) is 11.5 Å². The number of nitrogens with one attached hydrogen (secondary N) is 1. The van der Waals surface area contributed by atoms with E-state index in [-0.39, 0.29) is 17.1 Å². The summed E-state index contributed by atoms with van der Waals surface area (Å²) in [7, 11) is -3.11. The van der Waals surface area contributed by atoms with Gasteiger partial charge in [-0.05, 0) is 30.7 Å². The highest BCUT2D eigenvalue weighted by atomic mass is 35.5. The molecule has 8 heteroatoms. The minimum Gasteiger partial charge on any atom is -0.457 e. The molecule has 1 saturated heterocycles. The van der Waals surface area contributed by atoms with Crippen LogP contribution in [0.5, 0.6) is 0 Å². The van der Waals surface area contributed by atoms with Crippen LogP contribution in [0.1, 0.15) is 12.2 Å². The number of furan rings is 1. The average Bonchev–Trinajstić information content (AvgIpc) is 3.18. The Hall–Kier alpha value is -2.56. The molecule has 2 aromatic rings. The number of hydrogen-bond acceptors (Lipinski definition) is 5. The molecule has 0 saturated carbocycles. The number of benzene rings is 1. The highest BCUT2D eigenvalue weighted by Gasteiger charge is 2.29. The Morgan fingerprint density at radius 3 is 2.81 bits per heavy atom. The van der Waals surface area contributed by atoms with Crippen molar-refractivity contribution in [3.63, 3.8) is 0 Å². The molecule has 1 aliphatic heterocycles. The number of amides is 1. The van der Waals surface area contributed by atoms with Crippen molar-refractivity contribution in [2.45, 2.75) is 12.5 Å². The lowest BCUT2D eigenvalue weighted by Gasteiger charge is -2.09. The van der Waals surface area contributed by atoms with E-state index in [9.17, 15) is 18.5 Å². The van der Waals surface area contributed by atoms with E-state index >= 15 is 0 Å². The molecule has 1 aromatic heterocycles. The molecule has 2 heterocycles. The van der Waals surface area contributed by atoms with Crippen LogP contribution < -0.4 is 5.32 Å². The van der Waals surface area contributed by atoms with E-state index in [0.29, 0.717) is 23.0 Å². The van der Waals surface area contributed by atoms with E-state index < -0.39 is 21.8 Å². The highest BCUT2D eigenvalue weighted by molar-refractivity contribution is 7.91. The molecule has 0 aliphatic carbocycles. The van der Waals surface area contributed by atoms with Gasteiger partial charge in [-0.15, -0.1) is 0 Å². The molecule has 1 fully saturated rings. The second-order valence-electron chi connectivity index (χ2n) is 5.96. The lowest BCUT2D eigenvalue weighted by molar-refractivity contribution is -0.117. The largest absolute Gasteiger partial charge is 0.457 e. The predicted octanol–water partition coefficient (Wildman–Crippen LogP) is 2.81. The van der Waals surface area contributed by atoms with Crippen molar-refractivity contribution >= 4 is 33.4 Å². The zero-order valence-corrected chi connectivity index (χ0v) is 15.2. The van der Waals surface area contributed by atoms with Crippen LogP contribution in [0, 0.1) is 11.3 Å². The Kier molecular flexibility index (Phi) is 5.16. The van der Waals surface area contributed by atoms with Crippen molar-refractivity contribution in [3.8, 4) is 17.4 Å². The van der Waals surface area contributed by atoms with Crippen LogP contribution in [0.4, 0.5) is 0 Å². The van der Waals surface area contributed by atoms with Crippen LogP contribution in [0.3, 0.4) is 0 Å². The third-order valence-corrected chi connectivity index (χ3v) is 5.96. The Morgan fingerprint density at radius 2 is 2.15 bits per heavy atom. The van der Waals surface area contributed by atoms with Gasteiger partial charge in [-0.3, -0.25) is 4.79 Å². The zero-order chi connectivity index (χ0) is 18.7. The molecule has 1 N–H and O–H groups in total. The van der Waals surface area contributed by atoms with Gasteiger partial charge < -0.3 is 9.73 Å². The van der Waals surface area contributed by atoms with E-state index in [4.69, 9.17) is 16.0 Å². The second kappa shape index (κ2) is 7.36. The lowest BCUT2D eigenvalue weighted by atomic mass is 10.2. The first-order valence-corrected chi connectivity index (χ1v) is 10.0. The van der Waals surface area contributed by atoms with Crippen LogP contribution in [0.25, 0.3) is 17.4 Å². The molecule has 0 radical (unpaired) electrons. The molecular formula is C18H15ClN2O4S. The summed E-state index contributed by atoms with van der Waals surface area (Å²) in [5.41, 5.74) is 0.623. The molecule has 0 unspecified atom stereocenters. The fourth-order valence-corrected chi connectivity index (χ4v) is 4.55. The maximum Gasteiger partial charge on any atom is 0.262 e. The maximum atomic E-state index is 12.2. The molecule has 3 rings (SSSR count). The van der Waals surface area contributed by atoms with Gasteiger partial charge in [0.25, 0.3) is 5.91 Å². The number of hydrogen-bond donors (Lipinski definition) is 1. The minimum absolute atomic E-state index is 0.0464. The Balaban J connectivity index is 1.75. The summed E-state index contributed by atoms with van der Waals surface area (Å²) in [6.07, 6.45) is 1.68. The molecular weight excluding hydrogens is 376 g/mol. The lowest BCUT2D eigenvalue weighted by Crippen LogP contribution is -2.36. The van der Waals surface area contributed by atoms with Crippen molar-refractivity contribution in [3.05, 3.63) is 52.8 Å². The average molecular weight is 391 g/mol. The summed E-state index contributed by atoms with van der Waals surface area (Å²) in [5, 5.41) is 12.4. The summed E-state index contributed by atoms with van der Waals surface area (Å²) in [5.74, 6) is 0.223. The van der Waals surface area contributed by atoms with Crippen LogP contribution >= 0.6 is 11.6 Å². The first-order valence-electron chi connectivity index (χ1n) is 7.85. The van der Waals surface area contributed by atoms with E-state index in [1.54, 1.807) is 30.3 Å². The van der Waals surface area contributed by atoms with Crippen molar-refractivity contribution in [1.82, 2.24) is 5.32 Å². The monoisotopic (exact) mass is 390 g/mol. The van der Waals surface area contributed by atoms with E-state index in [2.05, 4.69) is 5.32 Å². The topological polar surface area (TPSA) is 100 Å². The van der Waals surface area contributed by atoms with Gasteiger partial charge in [0.2, 0.25) is 0 Å². The number of halogens is 1. The predicted molar refractivity (Wildman–Crippen MR) is 97.9 cm³/mol. The molecule has 0 spiro atoms. The van der Waals surface area contributed by atoms with Crippen molar-refractivity contribution in [1.29, 1.82) is 5.26 Å². The van der Waals surface area contributed by atoms with Gasteiger partial charge in [0.15, 0.2) is 9.84 Å². The van der Waals surface area contributed by atoms with Crippen LogP contribution in [0.15, 0.2) is 46.4 Å². The Morgan fingerprint density at radius 1 is 1.35 bits per heavy atom. The summed E-state index contributed by atoms with van der Waals surface area (Å²) in [6.45, 7) is 0. The highest BCUT2D eigenvalue weighted by Crippen LogP contribution is 2.25. The molecule has 134 valence electrons. The third-order valence-electron chi connectivity index (χ3n) is 3.96. The number of nitriles is 1. The minimum atomic E-state index is -3.11. The summed E-state index contributed by atoms with van der Waals surface area (Å²) < 4.78 is 28.6. The van der Waals surface area contributed by atoms with Gasteiger partial charge in [0, 0.05) is 22.7 Å².